The fourth-order valence-electron chi connectivity index (χ4n) is 2.39. The van der Waals surface area contributed by atoms with Crippen LogP contribution in [0, 0.1) is 6.92 Å². The van der Waals surface area contributed by atoms with E-state index >= 15 is 0 Å². The molecule has 0 atom stereocenters. The van der Waals surface area contributed by atoms with Crippen LogP contribution >= 0.6 is 11.3 Å². The summed E-state index contributed by atoms with van der Waals surface area (Å²) in [5.74, 6) is 0. The van der Waals surface area contributed by atoms with E-state index in [1.54, 1.807) is 11.3 Å². The Bertz CT molecular complexity index is 464. The molecule has 6 nitrogen and oxygen atoms in total. The third-order valence-corrected chi connectivity index (χ3v) is 4.94. The number of carbonyl (C=O) groups excluding carboxylic acids is 1. The molecule has 0 bridgehead atoms. The van der Waals surface area contributed by atoms with Gasteiger partial charge in [-0.1, -0.05) is 0 Å². The van der Waals surface area contributed by atoms with Crippen molar-refractivity contribution in [2.45, 2.75) is 13.3 Å². The molecule has 0 spiro atoms. The van der Waals surface area contributed by atoms with Crippen molar-refractivity contribution >= 4 is 17.4 Å². The monoisotopic (exact) mass is 325 g/mol. The van der Waals surface area contributed by atoms with Gasteiger partial charge < -0.3 is 20.0 Å². The molecule has 2 rings (SSSR count). The van der Waals surface area contributed by atoms with Crippen molar-refractivity contribution in [2.24, 2.45) is 0 Å². The topological polar surface area (TPSA) is 51.7 Å². The summed E-state index contributed by atoms with van der Waals surface area (Å²) in [5.41, 5.74) is 0. The van der Waals surface area contributed by atoms with Crippen LogP contribution < -0.4 is 5.32 Å². The van der Waals surface area contributed by atoms with Gasteiger partial charge in [-0.3, -0.25) is 0 Å². The van der Waals surface area contributed by atoms with Gasteiger partial charge in [0.05, 0.1) is 5.01 Å². The molecule has 0 aromatic carbocycles. The number of amides is 2. The molecule has 1 N–H and O–H groups in total. The van der Waals surface area contributed by atoms with Crippen molar-refractivity contribution < 1.29 is 4.79 Å². The minimum Gasteiger partial charge on any atom is -0.338 e. The van der Waals surface area contributed by atoms with E-state index in [2.05, 4.69) is 34.2 Å². The van der Waals surface area contributed by atoms with Gasteiger partial charge >= 0.3 is 6.03 Å². The summed E-state index contributed by atoms with van der Waals surface area (Å²) in [5, 5.41) is 4.11. The van der Waals surface area contributed by atoms with E-state index in [1.807, 2.05) is 18.0 Å². The Labute approximate surface area is 137 Å². The molecule has 22 heavy (non-hydrogen) atoms. The minimum absolute atomic E-state index is 0.0462. The van der Waals surface area contributed by atoms with E-state index in [0.717, 1.165) is 50.7 Å². The zero-order valence-corrected chi connectivity index (χ0v) is 14.7. The first-order valence-corrected chi connectivity index (χ1v) is 8.67. The summed E-state index contributed by atoms with van der Waals surface area (Å²) in [4.78, 5) is 24.3. The van der Waals surface area contributed by atoms with Crippen LogP contribution in [0.1, 0.15) is 9.88 Å². The van der Waals surface area contributed by atoms with Gasteiger partial charge in [-0.05, 0) is 21.0 Å². The van der Waals surface area contributed by atoms with Crippen molar-refractivity contribution in [1.29, 1.82) is 0 Å². The Morgan fingerprint density at radius 1 is 1.18 bits per heavy atom. The highest BCUT2D eigenvalue weighted by Crippen LogP contribution is 2.11. The molecule has 1 aromatic heterocycles. The molecular formula is C15H27N5OS. The lowest BCUT2D eigenvalue weighted by Crippen LogP contribution is -2.45. The molecule has 1 aromatic rings. The number of rotatable bonds is 3. The molecule has 2 heterocycles. The lowest BCUT2D eigenvalue weighted by Gasteiger charge is -2.24. The highest BCUT2D eigenvalue weighted by atomic mass is 32.1. The molecule has 1 aliphatic rings. The average molecular weight is 325 g/mol. The van der Waals surface area contributed by atoms with Crippen molar-refractivity contribution in [3.05, 3.63) is 16.1 Å². The van der Waals surface area contributed by atoms with Gasteiger partial charge in [0.15, 0.2) is 0 Å². The molecule has 1 saturated heterocycles. The quantitative estimate of drug-likeness (QED) is 0.896. The molecule has 7 heteroatoms. The highest BCUT2D eigenvalue weighted by molar-refractivity contribution is 7.11. The molecule has 0 unspecified atom stereocenters. The summed E-state index contributed by atoms with van der Waals surface area (Å²) in [7, 11) is 4.22. The third-order valence-electron chi connectivity index (χ3n) is 3.97. The number of carbonyl (C=O) groups is 1. The second-order valence-electron chi connectivity index (χ2n) is 5.92. The Hall–Kier alpha value is -1.18. The summed E-state index contributed by atoms with van der Waals surface area (Å²) in [6, 6.07) is 0.0462. The normalized spacial score (nSPS) is 18.6. The van der Waals surface area contributed by atoms with Crippen LogP contribution in [-0.2, 0) is 6.42 Å². The van der Waals surface area contributed by atoms with Crippen LogP contribution in [0.25, 0.3) is 0 Å². The van der Waals surface area contributed by atoms with Crippen molar-refractivity contribution in [3.63, 3.8) is 0 Å². The maximum Gasteiger partial charge on any atom is 0.317 e. The van der Waals surface area contributed by atoms with Crippen molar-refractivity contribution in [1.82, 2.24) is 25.0 Å². The number of aromatic nitrogens is 1. The van der Waals surface area contributed by atoms with Gasteiger partial charge in [-0.2, -0.15) is 0 Å². The second-order valence-corrected chi connectivity index (χ2v) is 7.24. The summed E-state index contributed by atoms with van der Waals surface area (Å²) < 4.78 is 0. The van der Waals surface area contributed by atoms with Crippen LogP contribution in [0.15, 0.2) is 6.20 Å². The number of aryl methyl sites for hydroxylation is 1. The molecule has 0 saturated carbocycles. The van der Waals surface area contributed by atoms with E-state index in [1.165, 1.54) is 4.88 Å². The summed E-state index contributed by atoms with van der Waals surface area (Å²) in [6.45, 7) is 8.20. The first-order valence-electron chi connectivity index (χ1n) is 7.86. The maximum atomic E-state index is 12.3. The zero-order chi connectivity index (χ0) is 15.9. The number of hydrogen-bond acceptors (Lipinski definition) is 5. The number of hydrogen-bond donors (Lipinski definition) is 1. The first kappa shape index (κ1) is 17.2. The number of nitrogens with zero attached hydrogens (tertiary/aromatic N) is 4. The minimum atomic E-state index is 0.0462. The molecule has 0 aliphatic carbocycles. The summed E-state index contributed by atoms with van der Waals surface area (Å²) >= 11 is 1.70. The van der Waals surface area contributed by atoms with E-state index < -0.39 is 0 Å². The van der Waals surface area contributed by atoms with E-state index in [4.69, 9.17) is 0 Å². The molecule has 0 radical (unpaired) electrons. The van der Waals surface area contributed by atoms with Crippen molar-refractivity contribution in [2.75, 3.05) is 59.9 Å². The van der Waals surface area contributed by atoms with E-state index in [-0.39, 0.29) is 6.03 Å². The highest BCUT2D eigenvalue weighted by Gasteiger charge is 2.16. The largest absolute Gasteiger partial charge is 0.338 e. The maximum absolute atomic E-state index is 12.3. The second kappa shape index (κ2) is 8.45. The molecule has 2 amide bonds. The lowest BCUT2D eigenvalue weighted by molar-refractivity contribution is 0.190. The first-order chi connectivity index (χ1) is 10.5. The summed E-state index contributed by atoms with van der Waals surface area (Å²) in [6.07, 6.45) is 2.75. The Balaban J connectivity index is 1.78. The standard InChI is InChI=1S/C15H27N5OS/c1-13-17-12-14(22-13)4-5-16-15(21)20-10-8-18(2)6-7-19(3)9-11-20/h12H,4-11H2,1-3H3,(H,16,21). The number of thiazole rings is 1. The fourth-order valence-corrected chi connectivity index (χ4v) is 3.18. The predicted molar refractivity (Wildman–Crippen MR) is 90.5 cm³/mol. The fraction of sp³-hybridized carbons (Fsp3) is 0.733. The Morgan fingerprint density at radius 3 is 2.32 bits per heavy atom. The zero-order valence-electron chi connectivity index (χ0n) is 13.8. The molecule has 124 valence electrons. The van der Waals surface area contributed by atoms with Crippen LogP contribution in [-0.4, -0.2) is 85.6 Å². The number of urea groups is 1. The predicted octanol–water partition coefficient (Wildman–Crippen LogP) is 0.883. The van der Waals surface area contributed by atoms with Gasteiger partial charge in [-0.25, -0.2) is 9.78 Å². The smallest absolute Gasteiger partial charge is 0.317 e. The third kappa shape index (κ3) is 5.55. The van der Waals surface area contributed by atoms with Gasteiger partial charge in [-0.15, -0.1) is 11.3 Å². The van der Waals surface area contributed by atoms with E-state index in [0.29, 0.717) is 6.54 Å². The number of nitrogens with one attached hydrogen (secondary N) is 1. The lowest BCUT2D eigenvalue weighted by atomic mass is 10.4. The van der Waals surface area contributed by atoms with Gasteiger partial charge in [0.2, 0.25) is 0 Å². The Morgan fingerprint density at radius 2 is 1.77 bits per heavy atom. The van der Waals surface area contributed by atoms with Gasteiger partial charge in [0.1, 0.15) is 0 Å². The SMILES string of the molecule is Cc1ncc(CCNC(=O)N2CCN(C)CCN(C)CC2)s1. The van der Waals surface area contributed by atoms with Crippen LogP contribution in [0.3, 0.4) is 0 Å². The molecule has 1 aliphatic heterocycles. The molecular weight excluding hydrogens is 298 g/mol. The van der Waals surface area contributed by atoms with Crippen LogP contribution in [0.2, 0.25) is 0 Å². The molecule has 1 fully saturated rings. The number of likely N-dealkylation sites (N-methyl/N-ethyl adjacent to an activating group) is 2. The van der Waals surface area contributed by atoms with Gasteiger partial charge in [0.25, 0.3) is 0 Å². The van der Waals surface area contributed by atoms with E-state index in [9.17, 15) is 4.79 Å². The van der Waals surface area contributed by atoms with Crippen LogP contribution in [0.5, 0.6) is 0 Å². The average Bonchev–Trinajstić information content (AvgIpc) is 2.92. The van der Waals surface area contributed by atoms with Gasteiger partial charge in [0, 0.05) is 63.3 Å². The van der Waals surface area contributed by atoms with Crippen LogP contribution in [0.4, 0.5) is 4.79 Å². The Kier molecular flexibility index (Phi) is 6.60. The van der Waals surface area contributed by atoms with Crippen molar-refractivity contribution in [3.8, 4) is 0 Å².